The normalized spacial score (nSPS) is 11.6. The largest absolute Gasteiger partial charge is 0.358 e. The van der Waals surface area contributed by atoms with E-state index >= 15 is 0 Å². The molecule has 0 aliphatic heterocycles. The maximum atomic E-state index is 12.4. The van der Waals surface area contributed by atoms with Crippen LogP contribution in [0.25, 0.3) is 0 Å². The standard InChI is InChI=1S/C17H20N4O3/c1-12-9-16(18-11-15(12)21(23)24)19-14(17(22)20(2)3)10-13-7-5-4-6-8-13/h4-9,11,14H,10H2,1-3H3,(H,18,19)/t14-/m0/s1. The van der Waals surface area contributed by atoms with Crippen molar-refractivity contribution in [1.82, 2.24) is 9.88 Å². The number of rotatable bonds is 6. The Morgan fingerprint density at radius 1 is 1.33 bits per heavy atom. The summed E-state index contributed by atoms with van der Waals surface area (Å²) in [5.74, 6) is 0.353. The van der Waals surface area contributed by atoms with E-state index in [1.54, 1.807) is 27.1 Å². The second kappa shape index (κ2) is 7.54. The van der Waals surface area contributed by atoms with Crippen LogP contribution in [0, 0.1) is 17.0 Å². The first-order valence-electron chi connectivity index (χ1n) is 7.51. The molecule has 1 heterocycles. The molecular weight excluding hydrogens is 308 g/mol. The molecule has 1 N–H and O–H groups in total. The van der Waals surface area contributed by atoms with Gasteiger partial charge in [-0.2, -0.15) is 0 Å². The SMILES string of the molecule is Cc1cc(N[C@@H](Cc2ccccc2)C(=O)N(C)C)ncc1[N+](=O)[O-]. The minimum atomic E-state index is -0.504. The average Bonchev–Trinajstić information content (AvgIpc) is 2.54. The van der Waals surface area contributed by atoms with Gasteiger partial charge in [0.05, 0.1) is 4.92 Å². The van der Waals surface area contributed by atoms with Crippen LogP contribution >= 0.6 is 0 Å². The highest BCUT2D eigenvalue weighted by Gasteiger charge is 2.22. The summed E-state index contributed by atoms with van der Waals surface area (Å²) in [6.07, 6.45) is 1.70. The molecule has 126 valence electrons. The fraction of sp³-hybridized carbons (Fsp3) is 0.294. The Labute approximate surface area is 140 Å². The van der Waals surface area contributed by atoms with Crippen LogP contribution in [0.3, 0.4) is 0 Å². The highest BCUT2D eigenvalue weighted by atomic mass is 16.6. The van der Waals surface area contributed by atoms with Crippen LogP contribution in [0.2, 0.25) is 0 Å². The third-order valence-corrected chi connectivity index (χ3v) is 3.62. The minimum absolute atomic E-state index is 0.0425. The zero-order valence-corrected chi connectivity index (χ0v) is 13.9. The Balaban J connectivity index is 2.23. The predicted octanol–water partition coefficient (Wildman–Crippen LogP) is 2.41. The first-order chi connectivity index (χ1) is 11.4. The fourth-order valence-electron chi connectivity index (χ4n) is 2.36. The monoisotopic (exact) mass is 328 g/mol. The smallest absolute Gasteiger partial charge is 0.290 e. The highest BCUT2D eigenvalue weighted by Crippen LogP contribution is 2.20. The van der Waals surface area contributed by atoms with Crippen molar-refractivity contribution >= 4 is 17.4 Å². The third-order valence-electron chi connectivity index (χ3n) is 3.62. The summed E-state index contributed by atoms with van der Waals surface area (Å²) in [5, 5.41) is 14.0. The molecule has 24 heavy (non-hydrogen) atoms. The van der Waals surface area contributed by atoms with Crippen molar-refractivity contribution in [3.8, 4) is 0 Å². The lowest BCUT2D eigenvalue weighted by atomic mass is 10.0. The van der Waals surface area contributed by atoms with Crippen LogP contribution < -0.4 is 5.32 Å². The molecule has 1 aromatic heterocycles. The number of likely N-dealkylation sites (N-methyl/N-ethyl adjacent to an activating group) is 1. The number of nitrogens with one attached hydrogen (secondary N) is 1. The topological polar surface area (TPSA) is 88.4 Å². The summed E-state index contributed by atoms with van der Waals surface area (Å²) in [5.41, 5.74) is 1.47. The molecule has 1 atom stereocenters. The molecule has 0 spiro atoms. The van der Waals surface area contributed by atoms with Gasteiger partial charge in [0.1, 0.15) is 18.1 Å². The van der Waals surface area contributed by atoms with E-state index in [0.717, 1.165) is 5.56 Å². The summed E-state index contributed by atoms with van der Waals surface area (Å²) in [6.45, 7) is 1.64. The number of hydrogen-bond donors (Lipinski definition) is 1. The zero-order valence-electron chi connectivity index (χ0n) is 13.9. The number of amides is 1. The van der Waals surface area contributed by atoms with Gasteiger partial charge in [-0.25, -0.2) is 4.98 Å². The number of benzene rings is 1. The lowest BCUT2D eigenvalue weighted by molar-refractivity contribution is -0.385. The van der Waals surface area contributed by atoms with E-state index in [1.165, 1.54) is 11.1 Å². The second-order valence-corrected chi connectivity index (χ2v) is 5.73. The average molecular weight is 328 g/mol. The molecule has 7 nitrogen and oxygen atoms in total. The van der Waals surface area contributed by atoms with Crippen LogP contribution in [0.4, 0.5) is 11.5 Å². The quantitative estimate of drug-likeness (QED) is 0.650. The lowest BCUT2D eigenvalue weighted by Gasteiger charge is -2.22. The number of anilines is 1. The Bertz CT molecular complexity index is 732. The maximum absolute atomic E-state index is 12.4. The number of nitro groups is 1. The molecule has 2 rings (SSSR count). The summed E-state index contributed by atoms with van der Waals surface area (Å²) in [4.78, 5) is 28.4. The van der Waals surface area contributed by atoms with Gasteiger partial charge in [0.25, 0.3) is 5.69 Å². The molecule has 0 aliphatic rings. The molecular formula is C17H20N4O3. The van der Waals surface area contributed by atoms with Crippen molar-refractivity contribution in [1.29, 1.82) is 0 Å². The van der Waals surface area contributed by atoms with Gasteiger partial charge in [0, 0.05) is 26.1 Å². The van der Waals surface area contributed by atoms with Gasteiger partial charge in [0.2, 0.25) is 5.91 Å². The maximum Gasteiger partial charge on any atom is 0.290 e. The number of carbonyl (C=O) groups excluding carboxylic acids is 1. The minimum Gasteiger partial charge on any atom is -0.358 e. The molecule has 0 fully saturated rings. The molecule has 2 aromatic rings. The molecule has 7 heteroatoms. The first kappa shape index (κ1) is 17.4. The van der Waals surface area contributed by atoms with E-state index < -0.39 is 11.0 Å². The van der Waals surface area contributed by atoms with Crippen LogP contribution in [0.5, 0.6) is 0 Å². The number of hydrogen-bond acceptors (Lipinski definition) is 5. The number of aryl methyl sites for hydroxylation is 1. The Morgan fingerprint density at radius 3 is 2.54 bits per heavy atom. The van der Waals surface area contributed by atoms with Gasteiger partial charge in [0.15, 0.2) is 0 Å². The predicted molar refractivity (Wildman–Crippen MR) is 91.9 cm³/mol. The van der Waals surface area contributed by atoms with E-state index in [0.29, 0.717) is 17.8 Å². The van der Waals surface area contributed by atoms with E-state index in [2.05, 4.69) is 10.3 Å². The molecule has 0 aliphatic carbocycles. The van der Waals surface area contributed by atoms with Crippen molar-refractivity contribution in [2.45, 2.75) is 19.4 Å². The Kier molecular flexibility index (Phi) is 5.47. The molecule has 0 radical (unpaired) electrons. The van der Waals surface area contributed by atoms with E-state index in [9.17, 15) is 14.9 Å². The molecule has 0 saturated carbocycles. The van der Waals surface area contributed by atoms with Crippen molar-refractivity contribution < 1.29 is 9.72 Å². The molecule has 0 unspecified atom stereocenters. The van der Waals surface area contributed by atoms with Crippen LogP contribution in [0.1, 0.15) is 11.1 Å². The summed E-state index contributed by atoms with van der Waals surface area (Å²) in [6, 6.07) is 10.7. The lowest BCUT2D eigenvalue weighted by Crippen LogP contribution is -2.40. The van der Waals surface area contributed by atoms with E-state index in [1.807, 2.05) is 30.3 Å². The number of nitrogens with zero attached hydrogens (tertiary/aromatic N) is 3. The van der Waals surface area contributed by atoms with Crippen LogP contribution in [-0.2, 0) is 11.2 Å². The second-order valence-electron chi connectivity index (χ2n) is 5.73. The van der Waals surface area contributed by atoms with Gasteiger partial charge in [-0.3, -0.25) is 14.9 Å². The molecule has 0 bridgehead atoms. The van der Waals surface area contributed by atoms with Crippen molar-refractivity contribution in [2.75, 3.05) is 19.4 Å². The Morgan fingerprint density at radius 2 is 2.00 bits per heavy atom. The fourth-order valence-corrected chi connectivity index (χ4v) is 2.36. The van der Waals surface area contributed by atoms with Crippen molar-refractivity contribution in [3.63, 3.8) is 0 Å². The number of aromatic nitrogens is 1. The van der Waals surface area contributed by atoms with Crippen molar-refractivity contribution in [3.05, 3.63) is 63.8 Å². The molecule has 1 amide bonds. The van der Waals surface area contributed by atoms with Gasteiger partial charge >= 0.3 is 0 Å². The van der Waals surface area contributed by atoms with Crippen molar-refractivity contribution in [2.24, 2.45) is 0 Å². The van der Waals surface area contributed by atoms with Gasteiger partial charge in [-0.05, 0) is 18.6 Å². The number of carbonyl (C=O) groups is 1. The van der Waals surface area contributed by atoms with Gasteiger partial charge in [-0.1, -0.05) is 30.3 Å². The Hall–Kier alpha value is -2.96. The number of pyridine rings is 1. The summed E-state index contributed by atoms with van der Waals surface area (Å²) >= 11 is 0. The summed E-state index contributed by atoms with van der Waals surface area (Å²) < 4.78 is 0. The van der Waals surface area contributed by atoms with Gasteiger partial charge < -0.3 is 10.2 Å². The van der Waals surface area contributed by atoms with Gasteiger partial charge in [-0.15, -0.1) is 0 Å². The first-order valence-corrected chi connectivity index (χ1v) is 7.51. The van der Waals surface area contributed by atoms with E-state index in [4.69, 9.17) is 0 Å². The molecule has 1 aromatic carbocycles. The summed E-state index contributed by atoms with van der Waals surface area (Å²) in [7, 11) is 3.38. The third kappa shape index (κ3) is 4.28. The highest BCUT2D eigenvalue weighted by molar-refractivity contribution is 5.84. The molecule has 0 saturated heterocycles. The van der Waals surface area contributed by atoms with Crippen LogP contribution in [0.15, 0.2) is 42.6 Å². The zero-order chi connectivity index (χ0) is 17.7. The van der Waals surface area contributed by atoms with Crippen LogP contribution in [-0.4, -0.2) is 40.9 Å². The van der Waals surface area contributed by atoms with E-state index in [-0.39, 0.29) is 11.6 Å².